The van der Waals surface area contributed by atoms with E-state index in [0.29, 0.717) is 16.2 Å². The molecule has 0 atom stereocenters. The molecular formula is C20H11NO3. The lowest BCUT2D eigenvalue weighted by molar-refractivity contribution is -0.381. The molecule has 24 heavy (non-hydrogen) atoms. The summed E-state index contributed by atoms with van der Waals surface area (Å²) in [7, 11) is 0. The zero-order valence-corrected chi connectivity index (χ0v) is 12.5. The third-order valence-corrected chi connectivity index (χ3v) is 4.78. The Morgan fingerprint density at radius 2 is 1.33 bits per heavy atom. The Labute approximate surface area is 136 Å². The van der Waals surface area contributed by atoms with E-state index in [2.05, 4.69) is 0 Å². The smallest absolute Gasteiger partial charge is 0.288 e. The Hall–Kier alpha value is -3.40. The van der Waals surface area contributed by atoms with Gasteiger partial charge in [-0.25, -0.2) is 0 Å². The molecule has 0 aromatic heterocycles. The van der Waals surface area contributed by atoms with E-state index in [4.69, 9.17) is 0 Å². The first-order valence-electron chi connectivity index (χ1n) is 7.62. The topological polar surface area (TPSA) is 63.4 Å². The number of aromatic hydroxyl groups is 1. The quantitative estimate of drug-likeness (QED) is 0.196. The van der Waals surface area contributed by atoms with Crippen LogP contribution in [0.4, 0.5) is 5.69 Å². The van der Waals surface area contributed by atoms with Crippen LogP contribution in [0.1, 0.15) is 0 Å². The normalized spacial score (nSPS) is 11.8. The summed E-state index contributed by atoms with van der Waals surface area (Å²) >= 11 is 0. The molecule has 0 unspecified atom stereocenters. The maximum atomic E-state index is 11.8. The zero-order chi connectivity index (χ0) is 16.4. The lowest BCUT2D eigenvalue weighted by atomic mass is 9.89. The van der Waals surface area contributed by atoms with Crippen molar-refractivity contribution in [3.63, 3.8) is 0 Å². The minimum absolute atomic E-state index is 0.0335. The lowest BCUT2D eigenvalue weighted by Crippen LogP contribution is -1.94. The maximum Gasteiger partial charge on any atom is 0.288 e. The Kier molecular flexibility index (Phi) is 2.36. The van der Waals surface area contributed by atoms with E-state index in [0.717, 1.165) is 26.9 Å². The Morgan fingerprint density at radius 1 is 0.708 bits per heavy atom. The molecule has 5 aromatic carbocycles. The van der Waals surface area contributed by atoms with Crippen molar-refractivity contribution in [3.05, 3.63) is 70.8 Å². The van der Waals surface area contributed by atoms with E-state index >= 15 is 0 Å². The summed E-state index contributed by atoms with van der Waals surface area (Å²) in [5.41, 5.74) is -0.0335. The first-order chi connectivity index (χ1) is 11.7. The van der Waals surface area contributed by atoms with E-state index in [1.54, 1.807) is 12.1 Å². The van der Waals surface area contributed by atoms with E-state index < -0.39 is 4.92 Å². The molecule has 0 bridgehead atoms. The van der Waals surface area contributed by atoms with Crippen molar-refractivity contribution in [1.29, 1.82) is 0 Å². The molecule has 0 heterocycles. The van der Waals surface area contributed by atoms with Crippen molar-refractivity contribution in [1.82, 2.24) is 0 Å². The number of nitrogens with zero attached hydrogens (tertiary/aromatic N) is 1. The lowest BCUT2D eigenvalue weighted by Gasteiger charge is -2.14. The number of phenolic OH excluding ortho intramolecular Hbond substituents is 1. The van der Waals surface area contributed by atoms with Gasteiger partial charge in [-0.3, -0.25) is 10.1 Å². The molecular weight excluding hydrogens is 302 g/mol. The highest BCUT2D eigenvalue weighted by molar-refractivity contribution is 6.32. The highest BCUT2D eigenvalue weighted by Crippen LogP contribution is 2.46. The highest BCUT2D eigenvalue weighted by atomic mass is 16.6. The van der Waals surface area contributed by atoms with Crippen LogP contribution in [0.3, 0.4) is 0 Å². The van der Waals surface area contributed by atoms with Crippen LogP contribution in [0.25, 0.3) is 43.1 Å². The predicted octanol–water partition coefficient (Wildman–Crippen LogP) is 5.35. The summed E-state index contributed by atoms with van der Waals surface area (Å²) in [4.78, 5) is 11.4. The molecule has 5 aromatic rings. The van der Waals surface area contributed by atoms with Crippen LogP contribution >= 0.6 is 0 Å². The van der Waals surface area contributed by atoms with Gasteiger partial charge in [0.1, 0.15) is 11.1 Å². The summed E-state index contributed by atoms with van der Waals surface area (Å²) < 4.78 is 0. The van der Waals surface area contributed by atoms with Crippen LogP contribution in [0.5, 0.6) is 5.75 Å². The number of nitro groups is 1. The summed E-state index contributed by atoms with van der Waals surface area (Å²) in [6.07, 6.45) is 0. The number of nitro benzene ring substituents is 1. The Morgan fingerprint density at radius 3 is 2.04 bits per heavy atom. The monoisotopic (exact) mass is 313 g/mol. The number of phenols is 1. The van der Waals surface area contributed by atoms with Gasteiger partial charge in [0, 0.05) is 10.8 Å². The van der Waals surface area contributed by atoms with Gasteiger partial charge in [0.15, 0.2) is 0 Å². The number of benzene rings is 5. The second kappa shape index (κ2) is 4.32. The largest absolute Gasteiger partial charge is 0.507 e. The van der Waals surface area contributed by atoms with Gasteiger partial charge in [-0.05, 0) is 33.7 Å². The Balaban J connectivity index is 2.25. The van der Waals surface area contributed by atoms with Crippen molar-refractivity contribution in [2.45, 2.75) is 0 Å². The van der Waals surface area contributed by atoms with Gasteiger partial charge >= 0.3 is 0 Å². The van der Waals surface area contributed by atoms with Gasteiger partial charge < -0.3 is 5.11 Å². The number of non-ortho nitro benzene ring substituents is 1. The van der Waals surface area contributed by atoms with Crippen molar-refractivity contribution >= 4 is 48.8 Å². The van der Waals surface area contributed by atoms with Crippen LogP contribution in [-0.4, -0.2) is 10.0 Å². The van der Waals surface area contributed by atoms with Crippen molar-refractivity contribution in [2.75, 3.05) is 0 Å². The molecule has 0 saturated carbocycles. The first kappa shape index (κ1) is 13.1. The van der Waals surface area contributed by atoms with Gasteiger partial charge in [0.05, 0.1) is 10.3 Å². The fourth-order valence-corrected chi connectivity index (χ4v) is 3.84. The molecule has 0 saturated heterocycles. The third kappa shape index (κ3) is 1.47. The molecule has 0 radical (unpaired) electrons. The number of hydrogen-bond acceptors (Lipinski definition) is 3. The zero-order valence-electron chi connectivity index (χ0n) is 12.5. The minimum atomic E-state index is -0.395. The van der Waals surface area contributed by atoms with Crippen LogP contribution < -0.4 is 0 Å². The predicted molar refractivity (Wildman–Crippen MR) is 96.0 cm³/mol. The van der Waals surface area contributed by atoms with Gasteiger partial charge in [0.2, 0.25) is 0 Å². The average Bonchev–Trinajstić information content (AvgIpc) is 2.59. The van der Waals surface area contributed by atoms with Crippen LogP contribution in [0, 0.1) is 10.1 Å². The van der Waals surface area contributed by atoms with Crippen molar-refractivity contribution in [3.8, 4) is 5.75 Å². The fourth-order valence-electron chi connectivity index (χ4n) is 3.84. The van der Waals surface area contributed by atoms with E-state index in [1.165, 1.54) is 6.07 Å². The molecule has 114 valence electrons. The van der Waals surface area contributed by atoms with Crippen molar-refractivity contribution in [2.24, 2.45) is 0 Å². The molecule has 4 nitrogen and oxygen atoms in total. The second-order valence-corrected chi connectivity index (χ2v) is 5.99. The second-order valence-electron chi connectivity index (χ2n) is 5.99. The minimum Gasteiger partial charge on any atom is -0.507 e. The summed E-state index contributed by atoms with van der Waals surface area (Å²) in [6, 6.07) is 18.8. The molecule has 4 heteroatoms. The van der Waals surface area contributed by atoms with Gasteiger partial charge in [-0.1, -0.05) is 48.5 Å². The third-order valence-electron chi connectivity index (χ3n) is 4.78. The molecule has 0 fully saturated rings. The van der Waals surface area contributed by atoms with E-state index in [-0.39, 0.29) is 11.4 Å². The number of fused-ring (bicyclic) bond motifs is 2. The molecule has 0 aliphatic carbocycles. The molecule has 0 aliphatic rings. The van der Waals surface area contributed by atoms with Gasteiger partial charge in [0.25, 0.3) is 5.69 Å². The molecule has 0 spiro atoms. The summed E-state index contributed by atoms with van der Waals surface area (Å²) in [5, 5.41) is 28.6. The van der Waals surface area contributed by atoms with Crippen LogP contribution in [0.2, 0.25) is 0 Å². The number of hydrogen-bond donors (Lipinski definition) is 1. The molecule has 0 amide bonds. The number of rotatable bonds is 1. The van der Waals surface area contributed by atoms with Crippen LogP contribution in [0.15, 0.2) is 60.7 Å². The van der Waals surface area contributed by atoms with Gasteiger partial charge in [-0.2, -0.15) is 0 Å². The maximum absolute atomic E-state index is 11.8. The van der Waals surface area contributed by atoms with Crippen molar-refractivity contribution < 1.29 is 10.0 Å². The standard InChI is InChI=1S/C20H11NO3/c22-16-6-2-5-13-14-9-7-11-3-1-4-12-8-10-15(18(14)17(11)12)20(19(13)16)21(23)24/h1-10,22H. The average molecular weight is 313 g/mol. The Bertz CT molecular complexity index is 1270. The summed E-state index contributed by atoms with van der Waals surface area (Å²) in [5.74, 6) is -0.0651. The molecule has 5 rings (SSSR count). The SMILES string of the molecule is O=[N+]([O-])c1c2ccc3cccc4ccc(c5cccc(O)c15)c2c34. The highest BCUT2D eigenvalue weighted by Gasteiger charge is 2.24. The van der Waals surface area contributed by atoms with E-state index in [1.807, 2.05) is 42.5 Å². The molecule has 0 aliphatic heterocycles. The van der Waals surface area contributed by atoms with E-state index in [9.17, 15) is 15.2 Å². The fraction of sp³-hybridized carbons (Fsp3) is 0. The summed E-state index contributed by atoms with van der Waals surface area (Å²) in [6.45, 7) is 0. The van der Waals surface area contributed by atoms with Crippen LogP contribution in [-0.2, 0) is 0 Å². The molecule has 1 N–H and O–H groups in total. The van der Waals surface area contributed by atoms with Gasteiger partial charge in [-0.15, -0.1) is 0 Å². The first-order valence-corrected chi connectivity index (χ1v) is 7.62.